The Bertz CT molecular complexity index is 524. The molecule has 21 heavy (non-hydrogen) atoms. The van der Waals surface area contributed by atoms with Crippen LogP contribution in [0.25, 0.3) is 0 Å². The van der Waals surface area contributed by atoms with Crippen LogP contribution < -0.4 is 4.74 Å². The second-order valence-electron chi connectivity index (χ2n) is 5.38. The number of benzene rings is 1. The molecule has 1 aliphatic rings. The first-order valence-electron chi connectivity index (χ1n) is 6.79. The summed E-state index contributed by atoms with van der Waals surface area (Å²) in [6.07, 6.45) is -2.86. The molecule has 1 aromatic rings. The Kier molecular flexibility index (Phi) is 4.56. The zero-order chi connectivity index (χ0) is 15.6. The van der Waals surface area contributed by atoms with Gasteiger partial charge < -0.3 is 4.74 Å². The van der Waals surface area contributed by atoms with Gasteiger partial charge in [0.2, 0.25) is 0 Å². The predicted molar refractivity (Wildman–Crippen MR) is 72.7 cm³/mol. The van der Waals surface area contributed by atoms with Gasteiger partial charge in [-0.25, -0.2) is 0 Å². The number of alkyl halides is 3. The number of Topliss-reactive ketones (excluding diaryl/α,β-unsaturated/α-hetero) is 1. The second kappa shape index (κ2) is 6.05. The van der Waals surface area contributed by atoms with Crippen LogP contribution in [0.1, 0.15) is 28.8 Å². The summed E-state index contributed by atoms with van der Waals surface area (Å²) in [5.41, 5.74) is 1.26. The molecule has 3 nitrogen and oxygen atoms in total. The number of aryl methyl sites for hydroxylation is 1. The Morgan fingerprint density at radius 3 is 2.57 bits per heavy atom. The average Bonchev–Trinajstić information content (AvgIpc) is 3.20. The molecule has 0 saturated heterocycles. The first-order valence-corrected chi connectivity index (χ1v) is 6.79. The van der Waals surface area contributed by atoms with Crippen LogP contribution in [0.2, 0.25) is 0 Å². The van der Waals surface area contributed by atoms with Gasteiger partial charge in [-0.05, 0) is 37.5 Å². The molecule has 0 radical (unpaired) electrons. The SMILES string of the molecule is COc1cc(C)ccc1C(=O)CN(CC(F)(F)F)C1CC1. The number of nitrogens with zero attached hydrogens (tertiary/aromatic N) is 1. The Labute approximate surface area is 121 Å². The maximum absolute atomic E-state index is 12.6. The van der Waals surface area contributed by atoms with E-state index in [2.05, 4.69) is 0 Å². The molecule has 0 unspecified atom stereocenters. The number of ketones is 1. The van der Waals surface area contributed by atoms with Crippen molar-refractivity contribution in [2.24, 2.45) is 0 Å². The first-order chi connectivity index (χ1) is 9.80. The van der Waals surface area contributed by atoms with Gasteiger partial charge in [0.1, 0.15) is 5.75 Å². The maximum Gasteiger partial charge on any atom is 0.401 e. The van der Waals surface area contributed by atoms with Crippen molar-refractivity contribution in [3.63, 3.8) is 0 Å². The zero-order valence-corrected chi connectivity index (χ0v) is 12.0. The normalized spacial score (nSPS) is 15.3. The van der Waals surface area contributed by atoms with E-state index in [1.807, 2.05) is 6.92 Å². The van der Waals surface area contributed by atoms with Crippen LogP contribution in [-0.2, 0) is 0 Å². The lowest BCUT2D eigenvalue weighted by molar-refractivity contribution is -0.145. The van der Waals surface area contributed by atoms with Crippen molar-refractivity contribution >= 4 is 5.78 Å². The fourth-order valence-corrected chi connectivity index (χ4v) is 2.28. The van der Waals surface area contributed by atoms with Crippen molar-refractivity contribution in [1.82, 2.24) is 4.90 Å². The number of hydrogen-bond acceptors (Lipinski definition) is 3. The van der Waals surface area contributed by atoms with Crippen LogP contribution >= 0.6 is 0 Å². The third kappa shape index (κ3) is 4.46. The van der Waals surface area contributed by atoms with E-state index < -0.39 is 12.7 Å². The molecule has 0 N–H and O–H groups in total. The largest absolute Gasteiger partial charge is 0.496 e. The maximum atomic E-state index is 12.6. The molecule has 2 rings (SSSR count). The third-order valence-electron chi connectivity index (χ3n) is 3.45. The fraction of sp³-hybridized carbons (Fsp3) is 0.533. The van der Waals surface area contributed by atoms with Crippen molar-refractivity contribution in [2.75, 3.05) is 20.2 Å². The summed E-state index contributed by atoms with van der Waals surface area (Å²) < 4.78 is 42.8. The average molecular weight is 301 g/mol. The number of hydrogen-bond donors (Lipinski definition) is 0. The zero-order valence-electron chi connectivity index (χ0n) is 12.0. The van der Waals surface area contributed by atoms with E-state index in [0.717, 1.165) is 5.56 Å². The summed E-state index contributed by atoms with van der Waals surface area (Å²) >= 11 is 0. The number of halogens is 3. The second-order valence-corrected chi connectivity index (χ2v) is 5.38. The molecule has 0 amide bonds. The number of carbonyl (C=O) groups excluding carboxylic acids is 1. The quantitative estimate of drug-likeness (QED) is 0.756. The highest BCUT2D eigenvalue weighted by Gasteiger charge is 2.39. The van der Waals surface area contributed by atoms with Gasteiger partial charge in [0.15, 0.2) is 5.78 Å². The van der Waals surface area contributed by atoms with Gasteiger partial charge in [-0.15, -0.1) is 0 Å². The summed E-state index contributed by atoms with van der Waals surface area (Å²) in [7, 11) is 1.44. The van der Waals surface area contributed by atoms with E-state index in [-0.39, 0.29) is 18.4 Å². The van der Waals surface area contributed by atoms with Gasteiger partial charge >= 0.3 is 6.18 Å². The van der Waals surface area contributed by atoms with Crippen LogP contribution in [0.5, 0.6) is 5.75 Å². The van der Waals surface area contributed by atoms with E-state index in [0.29, 0.717) is 24.2 Å². The van der Waals surface area contributed by atoms with Gasteiger partial charge in [0.05, 0.1) is 25.8 Å². The number of rotatable bonds is 6. The smallest absolute Gasteiger partial charge is 0.401 e. The van der Waals surface area contributed by atoms with Gasteiger partial charge in [-0.1, -0.05) is 6.07 Å². The summed E-state index contributed by atoms with van der Waals surface area (Å²) in [5.74, 6) is 0.0609. The lowest BCUT2D eigenvalue weighted by Crippen LogP contribution is -2.39. The summed E-state index contributed by atoms with van der Waals surface area (Å²) in [5, 5.41) is 0. The molecule has 1 aromatic carbocycles. The minimum atomic E-state index is -4.29. The molecule has 1 aliphatic carbocycles. The van der Waals surface area contributed by atoms with Crippen molar-refractivity contribution in [3.8, 4) is 5.75 Å². The molecular formula is C15H18F3NO2. The molecule has 0 atom stereocenters. The third-order valence-corrected chi connectivity index (χ3v) is 3.45. The Hall–Kier alpha value is -1.56. The first kappa shape index (κ1) is 15.8. The molecule has 1 fully saturated rings. The van der Waals surface area contributed by atoms with E-state index >= 15 is 0 Å². The lowest BCUT2D eigenvalue weighted by Gasteiger charge is -2.22. The topological polar surface area (TPSA) is 29.5 Å². The highest BCUT2D eigenvalue weighted by Crippen LogP contribution is 2.31. The number of carbonyl (C=O) groups is 1. The Morgan fingerprint density at radius 1 is 1.38 bits per heavy atom. The van der Waals surface area contributed by atoms with Gasteiger partial charge in [-0.2, -0.15) is 13.2 Å². The molecule has 0 bridgehead atoms. The van der Waals surface area contributed by atoms with Gasteiger partial charge in [-0.3, -0.25) is 9.69 Å². The number of methoxy groups -OCH3 is 1. The van der Waals surface area contributed by atoms with Crippen LogP contribution in [-0.4, -0.2) is 43.1 Å². The molecule has 0 aromatic heterocycles. The predicted octanol–water partition coefficient (Wildman–Crippen LogP) is 3.21. The Balaban J connectivity index is 2.12. The van der Waals surface area contributed by atoms with Crippen LogP contribution in [0.3, 0.4) is 0 Å². The van der Waals surface area contributed by atoms with Crippen molar-refractivity contribution in [3.05, 3.63) is 29.3 Å². The lowest BCUT2D eigenvalue weighted by atomic mass is 10.1. The van der Waals surface area contributed by atoms with Crippen LogP contribution in [0, 0.1) is 6.92 Å². The summed E-state index contributed by atoms with van der Waals surface area (Å²) in [6.45, 7) is 0.581. The minimum Gasteiger partial charge on any atom is -0.496 e. The van der Waals surface area contributed by atoms with E-state index in [1.165, 1.54) is 12.0 Å². The fourth-order valence-electron chi connectivity index (χ4n) is 2.28. The Morgan fingerprint density at radius 2 is 2.05 bits per heavy atom. The molecule has 0 spiro atoms. The molecular weight excluding hydrogens is 283 g/mol. The van der Waals surface area contributed by atoms with Crippen molar-refractivity contribution in [1.29, 1.82) is 0 Å². The summed E-state index contributed by atoms with van der Waals surface area (Å²) in [4.78, 5) is 13.5. The molecule has 116 valence electrons. The molecule has 1 saturated carbocycles. The van der Waals surface area contributed by atoms with Crippen molar-refractivity contribution < 1.29 is 22.7 Å². The van der Waals surface area contributed by atoms with E-state index in [9.17, 15) is 18.0 Å². The molecule has 6 heteroatoms. The molecule has 0 heterocycles. The van der Waals surface area contributed by atoms with E-state index in [4.69, 9.17) is 4.74 Å². The van der Waals surface area contributed by atoms with Gasteiger partial charge in [0.25, 0.3) is 0 Å². The molecule has 0 aliphatic heterocycles. The van der Waals surface area contributed by atoms with Crippen LogP contribution in [0.4, 0.5) is 13.2 Å². The van der Waals surface area contributed by atoms with E-state index in [1.54, 1.807) is 18.2 Å². The highest BCUT2D eigenvalue weighted by molar-refractivity contribution is 6.00. The van der Waals surface area contributed by atoms with Gasteiger partial charge in [0, 0.05) is 6.04 Å². The highest BCUT2D eigenvalue weighted by atomic mass is 19.4. The van der Waals surface area contributed by atoms with Crippen LogP contribution in [0.15, 0.2) is 18.2 Å². The summed E-state index contributed by atoms with van der Waals surface area (Å²) in [6, 6.07) is 4.93. The minimum absolute atomic E-state index is 0.132. The van der Waals surface area contributed by atoms with Crippen molar-refractivity contribution in [2.45, 2.75) is 32.0 Å². The standard InChI is InChI=1S/C15H18F3NO2/c1-10-3-6-12(14(7-10)21-2)13(20)8-19(11-4-5-11)9-15(16,17)18/h3,6-7,11H,4-5,8-9H2,1-2H3. The number of ether oxygens (including phenoxy) is 1. The monoisotopic (exact) mass is 301 g/mol.